The SMILES string of the molecule is CCCC(C)C(C)(F)CO. The fourth-order valence-electron chi connectivity index (χ4n) is 0.890. The summed E-state index contributed by atoms with van der Waals surface area (Å²) in [6, 6.07) is 0. The molecule has 0 amide bonds. The Labute approximate surface area is 62.3 Å². The molecule has 0 aromatic rings. The normalized spacial score (nSPS) is 20.1. The third kappa shape index (κ3) is 2.65. The minimum absolute atomic E-state index is 0.0394. The van der Waals surface area contributed by atoms with E-state index in [1.807, 2.05) is 13.8 Å². The zero-order valence-corrected chi connectivity index (χ0v) is 7.02. The molecule has 1 N–H and O–H groups in total. The van der Waals surface area contributed by atoms with Crippen LogP contribution >= 0.6 is 0 Å². The average molecular weight is 148 g/mol. The fourth-order valence-corrected chi connectivity index (χ4v) is 0.890. The molecule has 0 saturated carbocycles. The van der Waals surface area contributed by atoms with E-state index in [2.05, 4.69) is 0 Å². The Morgan fingerprint density at radius 3 is 2.40 bits per heavy atom. The minimum atomic E-state index is -1.39. The number of halogens is 1. The van der Waals surface area contributed by atoms with Crippen LogP contribution in [0.5, 0.6) is 0 Å². The quantitative estimate of drug-likeness (QED) is 0.647. The molecule has 0 radical (unpaired) electrons. The van der Waals surface area contributed by atoms with Crippen molar-refractivity contribution >= 4 is 0 Å². The smallest absolute Gasteiger partial charge is 0.133 e. The molecule has 0 spiro atoms. The molecule has 2 atom stereocenters. The molecule has 1 nitrogen and oxygen atoms in total. The van der Waals surface area contributed by atoms with Gasteiger partial charge in [0, 0.05) is 0 Å². The lowest BCUT2D eigenvalue weighted by Gasteiger charge is -2.24. The van der Waals surface area contributed by atoms with Gasteiger partial charge < -0.3 is 5.11 Å². The summed E-state index contributed by atoms with van der Waals surface area (Å²) in [4.78, 5) is 0. The van der Waals surface area contributed by atoms with Crippen LogP contribution in [0.2, 0.25) is 0 Å². The summed E-state index contributed by atoms with van der Waals surface area (Å²) in [6.45, 7) is 4.94. The van der Waals surface area contributed by atoms with E-state index in [1.165, 1.54) is 6.92 Å². The highest BCUT2D eigenvalue weighted by Gasteiger charge is 2.28. The molecule has 0 fully saturated rings. The Morgan fingerprint density at radius 1 is 1.60 bits per heavy atom. The highest BCUT2D eigenvalue weighted by atomic mass is 19.1. The van der Waals surface area contributed by atoms with Gasteiger partial charge in [0.2, 0.25) is 0 Å². The van der Waals surface area contributed by atoms with Crippen molar-refractivity contribution in [2.75, 3.05) is 6.61 Å². The lowest BCUT2D eigenvalue weighted by Crippen LogP contribution is -2.31. The molecule has 0 heterocycles. The first-order chi connectivity index (χ1) is 4.54. The summed E-state index contributed by atoms with van der Waals surface area (Å²) in [6.07, 6.45) is 1.81. The van der Waals surface area contributed by atoms with Crippen LogP contribution < -0.4 is 0 Å². The monoisotopic (exact) mass is 148 g/mol. The molecule has 0 aliphatic heterocycles. The molecule has 0 aromatic heterocycles. The van der Waals surface area contributed by atoms with Crippen LogP contribution in [0.15, 0.2) is 0 Å². The summed E-state index contributed by atoms with van der Waals surface area (Å²) in [5.41, 5.74) is -1.39. The third-order valence-corrected chi connectivity index (χ3v) is 2.06. The minimum Gasteiger partial charge on any atom is -0.393 e. The predicted molar refractivity (Wildman–Crippen MR) is 40.7 cm³/mol. The summed E-state index contributed by atoms with van der Waals surface area (Å²) in [5.74, 6) is -0.0394. The second-order valence-electron chi connectivity index (χ2n) is 3.13. The van der Waals surface area contributed by atoms with Crippen molar-refractivity contribution in [1.29, 1.82) is 0 Å². The largest absolute Gasteiger partial charge is 0.393 e. The third-order valence-electron chi connectivity index (χ3n) is 2.06. The number of hydrogen-bond donors (Lipinski definition) is 1. The van der Waals surface area contributed by atoms with Crippen molar-refractivity contribution in [3.05, 3.63) is 0 Å². The predicted octanol–water partition coefficient (Wildman–Crippen LogP) is 2.14. The second kappa shape index (κ2) is 3.91. The van der Waals surface area contributed by atoms with Gasteiger partial charge >= 0.3 is 0 Å². The molecule has 62 valence electrons. The Morgan fingerprint density at radius 2 is 2.10 bits per heavy atom. The molecule has 0 aromatic carbocycles. The number of aliphatic hydroxyl groups excluding tert-OH is 1. The number of alkyl halides is 1. The maximum absolute atomic E-state index is 13.2. The maximum atomic E-state index is 13.2. The van der Waals surface area contributed by atoms with Gasteiger partial charge in [0.15, 0.2) is 0 Å². The first-order valence-corrected chi connectivity index (χ1v) is 3.84. The van der Waals surface area contributed by atoms with Crippen molar-refractivity contribution in [3.63, 3.8) is 0 Å². The first kappa shape index (κ1) is 9.89. The Kier molecular flexibility index (Phi) is 3.87. The van der Waals surface area contributed by atoms with Gasteiger partial charge in [0.25, 0.3) is 0 Å². The highest BCUT2D eigenvalue weighted by molar-refractivity contribution is 4.78. The van der Waals surface area contributed by atoms with Gasteiger partial charge in [-0.25, -0.2) is 4.39 Å². The van der Waals surface area contributed by atoms with Gasteiger partial charge in [-0.15, -0.1) is 0 Å². The highest BCUT2D eigenvalue weighted by Crippen LogP contribution is 2.24. The Bertz CT molecular complexity index is 91.3. The summed E-state index contributed by atoms with van der Waals surface area (Å²) in [7, 11) is 0. The van der Waals surface area contributed by atoms with E-state index in [1.54, 1.807) is 0 Å². The molecular weight excluding hydrogens is 131 g/mol. The van der Waals surface area contributed by atoms with Crippen molar-refractivity contribution < 1.29 is 9.50 Å². The van der Waals surface area contributed by atoms with E-state index in [0.29, 0.717) is 0 Å². The standard InChI is InChI=1S/C8H17FO/c1-4-5-7(2)8(3,9)6-10/h7,10H,4-6H2,1-3H3. The topological polar surface area (TPSA) is 20.2 Å². The lowest BCUT2D eigenvalue weighted by atomic mass is 9.90. The van der Waals surface area contributed by atoms with Gasteiger partial charge in [-0.2, -0.15) is 0 Å². The van der Waals surface area contributed by atoms with Gasteiger partial charge in [-0.3, -0.25) is 0 Å². The molecule has 2 unspecified atom stereocenters. The average Bonchev–Trinajstić information content (AvgIpc) is 1.89. The molecule has 0 aliphatic rings. The number of rotatable bonds is 4. The second-order valence-corrected chi connectivity index (χ2v) is 3.13. The molecule has 0 aliphatic carbocycles. The molecule has 0 bridgehead atoms. The van der Waals surface area contributed by atoms with Gasteiger partial charge in [0.1, 0.15) is 5.67 Å². The maximum Gasteiger partial charge on any atom is 0.133 e. The van der Waals surface area contributed by atoms with Crippen molar-refractivity contribution in [2.45, 2.75) is 39.3 Å². The van der Waals surface area contributed by atoms with E-state index >= 15 is 0 Å². The van der Waals surface area contributed by atoms with Crippen molar-refractivity contribution in [1.82, 2.24) is 0 Å². The molecule has 0 rings (SSSR count). The van der Waals surface area contributed by atoms with Crippen LogP contribution in [0.25, 0.3) is 0 Å². The molecule has 0 saturated heterocycles. The van der Waals surface area contributed by atoms with Crippen molar-refractivity contribution in [2.24, 2.45) is 5.92 Å². The van der Waals surface area contributed by atoms with Crippen LogP contribution in [0.4, 0.5) is 4.39 Å². The Hall–Kier alpha value is -0.110. The van der Waals surface area contributed by atoms with Gasteiger partial charge in [0.05, 0.1) is 6.61 Å². The Balaban J connectivity index is 3.78. The number of hydrogen-bond acceptors (Lipinski definition) is 1. The molecule has 2 heteroatoms. The molecule has 10 heavy (non-hydrogen) atoms. The summed E-state index contributed by atoms with van der Waals surface area (Å²) >= 11 is 0. The van der Waals surface area contributed by atoms with E-state index in [4.69, 9.17) is 5.11 Å². The van der Waals surface area contributed by atoms with Crippen molar-refractivity contribution in [3.8, 4) is 0 Å². The first-order valence-electron chi connectivity index (χ1n) is 3.84. The summed E-state index contributed by atoms with van der Waals surface area (Å²) < 4.78 is 13.2. The molecular formula is C8H17FO. The van der Waals surface area contributed by atoms with E-state index in [0.717, 1.165) is 12.8 Å². The van der Waals surface area contributed by atoms with Crippen LogP contribution in [0.3, 0.4) is 0 Å². The zero-order valence-electron chi connectivity index (χ0n) is 7.02. The van der Waals surface area contributed by atoms with Gasteiger partial charge in [-0.1, -0.05) is 20.3 Å². The van der Waals surface area contributed by atoms with Crippen LogP contribution in [-0.2, 0) is 0 Å². The summed E-state index contributed by atoms with van der Waals surface area (Å²) in [5, 5.41) is 8.62. The van der Waals surface area contributed by atoms with E-state index in [-0.39, 0.29) is 12.5 Å². The number of aliphatic hydroxyl groups is 1. The van der Waals surface area contributed by atoms with E-state index in [9.17, 15) is 4.39 Å². The fraction of sp³-hybridized carbons (Fsp3) is 1.00. The van der Waals surface area contributed by atoms with Crippen LogP contribution in [-0.4, -0.2) is 17.4 Å². The zero-order chi connectivity index (χ0) is 8.20. The van der Waals surface area contributed by atoms with Crippen LogP contribution in [0, 0.1) is 5.92 Å². The van der Waals surface area contributed by atoms with Gasteiger partial charge in [-0.05, 0) is 19.3 Å². The van der Waals surface area contributed by atoms with E-state index < -0.39 is 5.67 Å². The van der Waals surface area contributed by atoms with Crippen LogP contribution in [0.1, 0.15) is 33.6 Å². The lowest BCUT2D eigenvalue weighted by molar-refractivity contribution is 0.0353.